The van der Waals surface area contributed by atoms with Crippen molar-refractivity contribution in [3.63, 3.8) is 0 Å². The molecule has 0 amide bonds. The molecule has 1 aromatic carbocycles. The first-order chi connectivity index (χ1) is 8.13. The van der Waals surface area contributed by atoms with E-state index in [2.05, 4.69) is 0 Å². The summed E-state index contributed by atoms with van der Waals surface area (Å²) in [5.41, 5.74) is 0.529. The minimum absolute atomic E-state index is 0.0963. The number of hydrogen-bond acceptors (Lipinski definition) is 3. The fraction of sp³-hybridized carbons (Fsp3) is 0.385. The van der Waals surface area contributed by atoms with Crippen molar-refractivity contribution in [3.8, 4) is 0 Å². The molecule has 1 aromatic rings. The second-order valence-electron chi connectivity index (χ2n) is 3.65. The van der Waals surface area contributed by atoms with Crippen LogP contribution in [-0.2, 0) is 9.53 Å². The maximum Gasteiger partial charge on any atom is 0.306 e. The van der Waals surface area contributed by atoms with Crippen LogP contribution in [-0.4, -0.2) is 18.4 Å². The number of ketones is 1. The van der Waals surface area contributed by atoms with E-state index in [4.69, 9.17) is 16.3 Å². The molecule has 17 heavy (non-hydrogen) atoms. The summed E-state index contributed by atoms with van der Waals surface area (Å²) in [5.74, 6) is -0.428. The van der Waals surface area contributed by atoms with E-state index in [9.17, 15) is 9.59 Å². The van der Waals surface area contributed by atoms with Gasteiger partial charge in [-0.25, -0.2) is 0 Å². The molecule has 3 nitrogen and oxygen atoms in total. The quantitative estimate of drug-likeness (QED) is 0.578. The number of esters is 1. The number of rotatable bonds is 6. The molecular weight excluding hydrogens is 240 g/mol. The molecule has 0 spiro atoms. The third-order valence-electron chi connectivity index (χ3n) is 2.17. The number of carbonyl (C=O) groups excluding carboxylic acids is 2. The molecule has 4 heteroatoms. The van der Waals surface area contributed by atoms with Gasteiger partial charge in [-0.2, -0.15) is 0 Å². The molecule has 0 aliphatic heterocycles. The first-order valence-corrected chi connectivity index (χ1v) is 5.95. The largest absolute Gasteiger partial charge is 0.466 e. The summed E-state index contributed by atoms with van der Waals surface area (Å²) >= 11 is 5.78. The van der Waals surface area contributed by atoms with E-state index in [1.165, 1.54) is 0 Å². The molecule has 0 atom stereocenters. The Kier molecular flexibility index (Phi) is 5.70. The number of carbonyl (C=O) groups is 2. The van der Waals surface area contributed by atoms with Crippen molar-refractivity contribution in [2.75, 3.05) is 6.61 Å². The minimum atomic E-state index is -0.331. The summed E-state index contributed by atoms with van der Waals surface area (Å²) in [5, 5.41) is 0.518. The summed E-state index contributed by atoms with van der Waals surface area (Å²) in [6.07, 6.45) is 1.06. The van der Waals surface area contributed by atoms with Gasteiger partial charge in [0.15, 0.2) is 5.78 Å². The minimum Gasteiger partial charge on any atom is -0.466 e. The molecule has 0 N–H and O–H groups in total. The smallest absolute Gasteiger partial charge is 0.306 e. The summed E-state index contributed by atoms with van der Waals surface area (Å²) in [7, 11) is 0. The van der Waals surface area contributed by atoms with Crippen LogP contribution in [0.3, 0.4) is 0 Å². The van der Waals surface area contributed by atoms with Crippen molar-refractivity contribution in [2.24, 2.45) is 0 Å². The summed E-state index contributed by atoms with van der Waals surface area (Å²) in [4.78, 5) is 22.9. The van der Waals surface area contributed by atoms with Crippen molar-refractivity contribution in [1.82, 2.24) is 0 Å². The third kappa shape index (κ3) is 5.00. The SMILES string of the molecule is CCCOC(=O)CCC(=O)c1cccc(Cl)c1. The molecule has 0 aromatic heterocycles. The van der Waals surface area contributed by atoms with Crippen molar-refractivity contribution in [2.45, 2.75) is 26.2 Å². The van der Waals surface area contributed by atoms with Gasteiger partial charge in [-0.3, -0.25) is 9.59 Å². The lowest BCUT2D eigenvalue weighted by Crippen LogP contribution is -2.08. The lowest BCUT2D eigenvalue weighted by molar-refractivity contribution is -0.143. The van der Waals surface area contributed by atoms with E-state index in [1.807, 2.05) is 6.92 Å². The summed E-state index contributed by atoms with van der Waals surface area (Å²) in [6.45, 7) is 2.33. The maximum absolute atomic E-state index is 11.7. The average molecular weight is 255 g/mol. The van der Waals surface area contributed by atoms with Gasteiger partial charge in [0, 0.05) is 17.0 Å². The topological polar surface area (TPSA) is 43.4 Å². The van der Waals surface area contributed by atoms with Crippen molar-refractivity contribution >= 4 is 23.4 Å². The van der Waals surface area contributed by atoms with Crippen LogP contribution < -0.4 is 0 Å². The van der Waals surface area contributed by atoms with Crippen LogP contribution in [0.2, 0.25) is 5.02 Å². The molecule has 92 valence electrons. The standard InChI is InChI=1S/C13H15ClO3/c1-2-8-17-13(16)7-6-12(15)10-4-3-5-11(14)9-10/h3-5,9H,2,6-8H2,1H3. The molecular formula is C13H15ClO3. The predicted molar refractivity (Wildman–Crippen MR) is 66.3 cm³/mol. The molecule has 0 unspecified atom stereocenters. The van der Waals surface area contributed by atoms with Gasteiger partial charge in [-0.05, 0) is 18.6 Å². The van der Waals surface area contributed by atoms with Crippen LogP contribution in [0.1, 0.15) is 36.5 Å². The molecule has 0 bridgehead atoms. The normalized spacial score (nSPS) is 10.0. The Labute approximate surface area is 106 Å². The highest BCUT2D eigenvalue weighted by atomic mass is 35.5. The number of ether oxygens (including phenoxy) is 1. The fourth-order valence-electron chi connectivity index (χ4n) is 1.31. The molecule has 0 aliphatic carbocycles. The average Bonchev–Trinajstić information content (AvgIpc) is 2.33. The number of Topliss-reactive ketones (excluding diaryl/α,β-unsaturated/α-hetero) is 1. The van der Waals surface area contributed by atoms with Crippen LogP contribution in [0.4, 0.5) is 0 Å². The maximum atomic E-state index is 11.7. The van der Waals surface area contributed by atoms with E-state index in [0.717, 1.165) is 6.42 Å². The van der Waals surface area contributed by atoms with E-state index < -0.39 is 0 Å². The second kappa shape index (κ2) is 7.07. The summed E-state index contributed by atoms with van der Waals surface area (Å²) < 4.78 is 4.88. The Bertz CT molecular complexity index is 401. The fourth-order valence-corrected chi connectivity index (χ4v) is 1.50. The van der Waals surface area contributed by atoms with Gasteiger partial charge in [0.05, 0.1) is 13.0 Å². The first-order valence-electron chi connectivity index (χ1n) is 5.58. The van der Waals surface area contributed by atoms with Crippen molar-refractivity contribution in [3.05, 3.63) is 34.9 Å². The molecule has 1 rings (SSSR count). The van der Waals surface area contributed by atoms with Crippen molar-refractivity contribution in [1.29, 1.82) is 0 Å². The van der Waals surface area contributed by atoms with Gasteiger partial charge in [-0.1, -0.05) is 30.7 Å². The Morgan fingerprint density at radius 2 is 2.06 bits per heavy atom. The first kappa shape index (κ1) is 13.7. The Balaban J connectivity index is 2.42. The second-order valence-corrected chi connectivity index (χ2v) is 4.09. The van der Waals surface area contributed by atoms with Crippen LogP contribution in [0.5, 0.6) is 0 Å². The molecule has 0 saturated carbocycles. The van der Waals surface area contributed by atoms with E-state index in [1.54, 1.807) is 24.3 Å². The molecule has 0 fully saturated rings. The Morgan fingerprint density at radius 1 is 1.29 bits per heavy atom. The van der Waals surface area contributed by atoms with E-state index in [-0.39, 0.29) is 24.6 Å². The Morgan fingerprint density at radius 3 is 2.71 bits per heavy atom. The van der Waals surface area contributed by atoms with Gasteiger partial charge >= 0.3 is 5.97 Å². The van der Waals surface area contributed by atoms with Crippen LogP contribution in [0.25, 0.3) is 0 Å². The number of hydrogen-bond donors (Lipinski definition) is 0. The van der Waals surface area contributed by atoms with Gasteiger partial charge in [0.2, 0.25) is 0 Å². The Hall–Kier alpha value is -1.35. The third-order valence-corrected chi connectivity index (χ3v) is 2.41. The lowest BCUT2D eigenvalue weighted by atomic mass is 10.1. The van der Waals surface area contributed by atoms with Gasteiger partial charge in [0.25, 0.3) is 0 Å². The van der Waals surface area contributed by atoms with Crippen molar-refractivity contribution < 1.29 is 14.3 Å². The highest BCUT2D eigenvalue weighted by molar-refractivity contribution is 6.31. The molecule has 0 aliphatic rings. The molecule has 0 saturated heterocycles. The zero-order valence-electron chi connectivity index (χ0n) is 9.74. The molecule has 0 heterocycles. The zero-order chi connectivity index (χ0) is 12.7. The van der Waals surface area contributed by atoms with Gasteiger partial charge in [0.1, 0.15) is 0 Å². The monoisotopic (exact) mass is 254 g/mol. The van der Waals surface area contributed by atoms with E-state index in [0.29, 0.717) is 17.2 Å². The van der Waals surface area contributed by atoms with Gasteiger partial charge < -0.3 is 4.74 Å². The van der Waals surface area contributed by atoms with Crippen LogP contribution in [0.15, 0.2) is 24.3 Å². The zero-order valence-corrected chi connectivity index (χ0v) is 10.5. The summed E-state index contributed by atoms with van der Waals surface area (Å²) in [6, 6.07) is 6.70. The van der Waals surface area contributed by atoms with Crippen LogP contribution in [0, 0.1) is 0 Å². The van der Waals surface area contributed by atoms with Crippen LogP contribution >= 0.6 is 11.6 Å². The van der Waals surface area contributed by atoms with E-state index >= 15 is 0 Å². The van der Waals surface area contributed by atoms with Gasteiger partial charge in [-0.15, -0.1) is 0 Å². The molecule has 0 radical (unpaired) electrons. The highest BCUT2D eigenvalue weighted by Gasteiger charge is 2.10. The lowest BCUT2D eigenvalue weighted by Gasteiger charge is -2.03. The number of benzene rings is 1. The predicted octanol–water partition coefficient (Wildman–Crippen LogP) is 3.26. The number of halogens is 1. The highest BCUT2D eigenvalue weighted by Crippen LogP contribution is 2.13.